The summed E-state index contributed by atoms with van der Waals surface area (Å²) in [6, 6.07) is 12.7. The Bertz CT molecular complexity index is 1160. The summed E-state index contributed by atoms with van der Waals surface area (Å²) in [7, 11) is 1.54. The van der Waals surface area contributed by atoms with Crippen molar-refractivity contribution in [2.24, 2.45) is 0 Å². The zero-order valence-electron chi connectivity index (χ0n) is 17.8. The average Bonchev–Trinajstić information content (AvgIpc) is 2.77. The quantitative estimate of drug-likeness (QED) is 0.438. The molecule has 0 unspecified atom stereocenters. The number of amides is 1. The molecule has 0 aliphatic heterocycles. The van der Waals surface area contributed by atoms with Crippen LogP contribution in [-0.2, 0) is 27.2 Å². The van der Waals surface area contributed by atoms with Crippen LogP contribution in [0.1, 0.15) is 30.0 Å². The van der Waals surface area contributed by atoms with Gasteiger partial charge in [0, 0.05) is 29.1 Å². The van der Waals surface area contributed by atoms with Gasteiger partial charge in [-0.05, 0) is 49.1 Å². The molecule has 2 aromatic carbocycles. The Balaban J connectivity index is 1.59. The minimum Gasteiger partial charge on any atom is -0.497 e. The van der Waals surface area contributed by atoms with Crippen molar-refractivity contribution in [3.63, 3.8) is 0 Å². The number of benzene rings is 2. The number of para-hydroxylation sites is 1. The van der Waals surface area contributed by atoms with Crippen LogP contribution >= 0.6 is 0 Å². The predicted octanol–water partition coefficient (Wildman–Crippen LogP) is 3.79. The zero-order valence-corrected chi connectivity index (χ0v) is 17.8. The van der Waals surface area contributed by atoms with Gasteiger partial charge in [-0.2, -0.15) is 0 Å². The number of methoxy groups -OCH3 is 1. The highest BCUT2D eigenvalue weighted by Crippen LogP contribution is 2.24. The minimum atomic E-state index is -0.562. The van der Waals surface area contributed by atoms with E-state index < -0.39 is 17.5 Å². The number of rotatable bonds is 8. The number of carbonyl (C=O) groups excluding carboxylic acids is 2. The van der Waals surface area contributed by atoms with E-state index in [-0.39, 0.29) is 19.4 Å². The number of fused-ring (bicyclic) bond motifs is 1. The van der Waals surface area contributed by atoms with Crippen molar-refractivity contribution in [1.29, 1.82) is 0 Å². The summed E-state index contributed by atoms with van der Waals surface area (Å²) in [5.74, 6) is -0.386. The highest BCUT2D eigenvalue weighted by atomic mass is 16.5. The van der Waals surface area contributed by atoms with Gasteiger partial charge in [0.05, 0.1) is 7.11 Å². The second-order valence-corrected chi connectivity index (χ2v) is 7.07. The SMILES string of the molecule is CCc1ccccc1NC(=O)COC(=O)CCc1c(C)c2ccc(OC)cc2oc1=O. The average molecular weight is 423 g/mol. The van der Waals surface area contributed by atoms with E-state index in [1.54, 1.807) is 18.2 Å². The number of aryl methyl sites for hydroxylation is 2. The van der Waals surface area contributed by atoms with Crippen LogP contribution in [0.4, 0.5) is 5.69 Å². The molecule has 31 heavy (non-hydrogen) atoms. The third-order valence-corrected chi connectivity index (χ3v) is 5.11. The van der Waals surface area contributed by atoms with Crippen molar-refractivity contribution in [3.05, 3.63) is 69.6 Å². The fraction of sp³-hybridized carbons (Fsp3) is 0.292. The third kappa shape index (κ3) is 5.31. The molecule has 0 aliphatic carbocycles. The van der Waals surface area contributed by atoms with E-state index >= 15 is 0 Å². The first-order valence-electron chi connectivity index (χ1n) is 10.1. The molecule has 3 aromatic rings. The van der Waals surface area contributed by atoms with Crippen LogP contribution < -0.4 is 15.7 Å². The lowest BCUT2D eigenvalue weighted by atomic mass is 10.0. The second kappa shape index (κ2) is 9.93. The van der Waals surface area contributed by atoms with Crippen molar-refractivity contribution >= 4 is 28.5 Å². The summed E-state index contributed by atoms with van der Waals surface area (Å²) in [5, 5.41) is 3.52. The molecule has 0 spiro atoms. The molecule has 7 heteroatoms. The van der Waals surface area contributed by atoms with Crippen molar-refractivity contribution < 1.29 is 23.5 Å². The minimum absolute atomic E-state index is 0.0356. The molecule has 1 heterocycles. The smallest absolute Gasteiger partial charge is 0.339 e. The number of carbonyl (C=O) groups is 2. The Kier molecular flexibility index (Phi) is 7.07. The van der Waals surface area contributed by atoms with Gasteiger partial charge in [-0.25, -0.2) is 4.79 Å². The lowest BCUT2D eigenvalue weighted by molar-refractivity contribution is -0.147. The Hall–Kier alpha value is -3.61. The van der Waals surface area contributed by atoms with Gasteiger partial charge in [0.2, 0.25) is 0 Å². The van der Waals surface area contributed by atoms with E-state index in [4.69, 9.17) is 13.9 Å². The van der Waals surface area contributed by atoms with Crippen LogP contribution in [0.2, 0.25) is 0 Å². The predicted molar refractivity (Wildman–Crippen MR) is 118 cm³/mol. The monoisotopic (exact) mass is 423 g/mol. The molecule has 1 aromatic heterocycles. The van der Waals surface area contributed by atoms with E-state index in [0.29, 0.717) is 22.6 Å². The van der Waals surface area contributed by atoms with Gasteiger partial charge >= 0.3 is 11.6 Å². The Morgan fingerprint density at radius 1 is 1.13 bits per heavy atom. The highest BCUT2D eigenvalue weighted by Gasteiger charge is 2.15. The largest absolute Gasteiger partial charge is 0.497 e. The summed E-state index contributed by atoms with van der Waals surface area (Å²) in [6.07, 6.45) is 0.901. The van der Waals surface area contributed by atoms with Gasteiger partial charge in [0.1, 0.15) is 11.3 Å². The van der Waals surface area contributed by atoms with Gasteiger partial charge in [-0.1, -0.05) is 25.1 Å². The van der Waals surface area contributed by atoms with Crippen LogP contribution in [0.15, 0.2) is 51.7 Å². The van der Waals surface area contributed by atoms with E-state index in [9.17, 15) is 14.4 Å². The Morgan fingerprint density at radius 2 is 1.90 bits per heavy atom. The molecule has 7 nitrogen and oxygen atoms in total. The summed E-state index contributed by atoms with van der Waals surface area (Å²) >= 11 is 0. The van der Waals surface area contributed by atoms with Crippen LogP contribution in [0.5, 0.6) is 5.75 Å². The van der Waals surface area contributed by atoms with Crippen molar-refractivity contribution in [2.45, 2.75) is 33.1 Å². The molecule has 0 saturated heterocycles. The first-order valence-corrected chi connectivity index (χ1v) is 10.1. The van der Waals surface area contributed by atoms with E-state index in [0.717, 1.165) is 22.9 Å². The van der Waals surface area contributed by atoms with Crippen LogP contribution in [0.3, 0.4) is 0 Å². The molecule has 0 atom stereocenters. The van der Waals surface area contributed by atoms with Crippen LogP contribution in [0.25, 0.3) is 11.0 Å². The molecule has 162 valence electrons. The van der Waals surface area contributed by atoms with Crippen molar-refractivity contribution in [2.75, 3.05) is 19.0 Å². The Morgan fingerprint density at radius 3 is 2.65 bits per heavy atom. The standard InChI is InChI=1S/C24H25NO6/c1-4-16-7-5-6-8-20(16)25-22(26)14-30-23(27)12-11-19-15(2)18-10-9-17(29-3)13-21(18)31-24(19)28/h5-10,13H,4,11-12,14H2,1-3H3,(H,25,26). The number of nitrogens with one attached hydrogen (secondary N) is 1. The molecule has 0 radical (unpaired) electrons. The molecule has 3 rings (SSSR count). The molecular formula is C24H25NO6. The van der Waals surface area contributed by atoms with Gasteiger partial charge in [-0.3, -0.25) is 9.59 Å². The first-order chi connectivity index (χ1) is 14.9. The molecule has 0 aliphatic rings. The van der Waals surface area contributed by atoms with Gasteiger partial charge in [0.25, 0.3) is 5.91 Å². The van der Waals surface area contributed by atoms with Gasteiger partial charge in [0.15, 0.2) is 6.61 Å². The lowest BCUT2D eigenvalue weighted by Gasteiger charge is -2.10. The number of esters is 1. The van der Waals surface area contributed by atoms with Gasteiger partial charge < -0.3 is 19.2 Å². The summed E-state index contributed by atoms with van der Waals surface area (Å²) in [5.41, 5.74) is 2.79. The van der Waals surface area contributed by atoms with Gasteiger partial charge in [-0.15, -0.1) is 0 Å². The summed E-state index contributed by atoms with van der Waals surface area (Å²) < 4.78 is 15.6. The highest BCUT2D eigenvalue weighted by molar-refractivity contribution is 5.93. The van der Waals surface area contributed by atoms with Crippen LogP contribution in [-0.4, -0.2) is 25.6 Å². The maximum absolute atomic E-state index is 12.4. The fourth-order valence-corrected chi connectivity index (χ4v) is 3.37. The molecule has 0 saturated carbocycles. The topological polar surface area (TPSA) is 94.8 Å². The van der Waals surface area contributed by atoms with E-state index in [1.807, 2.05) is 38.1 Å². The second-order valence-electron chi connectivity index (χ2n) is 7.07. The molecule has 0 fully saturated rings. The molecule has 1 N–H and O–H groups in total. The van der Waals surface area contributed by atoms with E-state index in [2.05, 4.69) is 5.32 Å². The molecular weight excluding hydrogens is 398 g/mol. The fourth-order valence-electron chi connectivity index (χ4n) is 3.37. The number of hydrogen-bond donors (Lipinski definition) is 1. The van der Waals surface area contributed by atoms with E-state index in [1.165, 1.54) is 7.11 Å². The summed E-state index contributed by atoms with van der Waals surface area (Å²) in [6.45, 7) is 3.42. The van der Waals surface area contributed by atoms with Crippen LogP contribution in [0, 0.1) is 6.92 Å². The third-order valence-electron chi connectivity index (χ3n) is 5.11. The zero-order chi connectivity index (χ0) is 22.4. The maximum atomic E-state index is 12.4. The summed E-state index contributed by atoms with van der Waals surface area (Å²) in [4.78, 5) is 36.6. The normalized spacial score (nSPS) is 10.7. The van der Waals surface area contributed by atoms with Crippen molar-refractivity contribution in [3.8, 4) is 5.75 Å². The number of anilines is 1. The number of ether oxygens (including phenoxy) is 2. The lowest BCUT2D eigenvalue weighted by Crippen LogP contribution is -2.22. The molecule has 1 amide bonds. The maximum Gasteiger partial charge on any atom is 0.339 e. The first kappa shape index (κ1) is 22.1. The Labute approximate surface area is 180 Å². The molecule has 0 bridgehead atoms. The number of hydrogen-bond acceptors (Lipinski definition) is 6. The van der Waals surface area contributed by atoms with Crippen molar-refractivity contribution in [1.82, 2.24) is 0 Å².